The summed E-state index contributed by atoms with van der Waals surface area (Å²) in [5.41, 5.74) is 7.80. The Morgan fingerprint density at radius 1 is 1.12 bits per heavy atom. The zero-order chi connectivity index (χ0) is 17.1. The molecule has 2 aromatic rings. The maximum absolute atomic E-state index is 12.3. The Hall–Kier alpha value is -3.02. The lowest BCUT2D eigenvalue weighted by Crippen LogP contribution is -2.20. The summed E-state index contributed by atoms with van der Waals surface area (Å²) in [6.45, 7) is 2.93. The van der Waals surface area contributed by atoms with Crippen LogP contribution in [0.2, 0.25) is 0 Å². The Morgan fingerprint density at radius 3 is 2.50 bits per heavy atom. The molecule has 0 radical (unpaired) electrons. The number of primary amides is 1. The van der Waals surface area contributed by atoms with Gasteiger partial charge in [0, 0.05) is 0 Å². The van der Waals surface area contributed by atoms with Gasteiger partial charge in [0.05, 0.1) is 17.7 Å². The fourth-order valence-corrected chi connectivity index (χ4v) is 2.60. The zero-order valence-corrected chi connectivity index (χ0v) is 13.3. The third-order valence-corrected chi connectivity index (χ3v) is 3.82. The van der Waals surface area contributed by atoms with Gasteiger partial charge in [0.25, 0.3) is 5.91 Å². The number of rotatable bonds is 4. The van der Waals surface area contributed by atoms with E-state index in [1.165, 1.54) is 0 Å². The van der Waals surface area contributed by atoms with Crippen LogP contribution in [0.3, 0.4) is 0 Å². The number of nitrogens with two attached hydrogens (primary N) is 1. The lowest BCUT2D eigenvalue weighted by atomic mass is 10.0. The number of carbonyl (C=O) groups excluding carboxylic acids is 2. The standard InChI is InChI=1S/C18H18N2O4/c1-11-8-15-16(24-7-6-23-15)9-12(11)10-17(21)20-14-5-3-2-4-13(14)18(19)22/h2-5,8-9H,6-7,10H2,1H3,(H2,19,22)(H,20,21). The van der Waals surface area contributed by atoms with E-state index < -0.39 is 5.91 Å². The smallest absolute Gasteiger partial charge is 0.250 e. The van der Waals surface area contributed by atoms with Gasteiger partial charge in [0.1, 0.15) is 13.2 Å². The minimum atomic E-state index is -0.582. The van der Waals surface area contributed by atoms with Crippen molar-refractivity contribution < 1.29 is 19.1 Å². The fraction of sp³-hybridized carbons (Fsp3) is 0.222. The normalized spacial score (nSPS) is 12.5. The van der Waals surface area contributed by atoms with Crippen molar-refractivity contribution in [3.8, 4) is 11.5 Å². The topological polar surface area (TPSA) is 90.7 Å². The minimum Gasteiger partial charge on any atom is -0.486 e. The first-order valence-electron chi connectivity index (χ1n) is 7.62. The zero-order valence-electron chi connectivity index (χ0n) is 13.3. The van der Waals surface area contributed by atoms with E-state index in [1.807, 2.05) is 19.1 Å². The van der Waals surface area contributed by atoms with E-state index in [2.05, 4.69) is 5.32 Å². The van der Waals surface area contributed by atoms with Crippen LogP contribution in [0, 0.1) is 6.92 Å². The van der Waals surface area contributed by atoms with E-state index in [1.54, 1.807) is 24.3 Å². The molecule has 3 N–H and O–H groups in total. The number of amides is 2. The summed E-state index contributed by atoms with van der Waals surface area (Å²) >= 11 is 0. The molecule has 124 valence electrons. The molecule has 0 atom stereocenters. The van der Waals surface area contributed by atoms with Crippen LogP contribution in [0.1, 0.15) is 21.5 Å². The van der Waals surface area contributed by atoms with E-state index in [4.69, 9.17) is 15.2 Å². The van der Waals surface area contributed by atoms with Crippen LogP contribution in [-0.4, -0.2) is 25.0 Å². The highest BCUT2D eigenvalue weighted by molar-refractivity contribution is 6.03. The molecule has 0 unspecified atom stereocenters. The minimum absolute atomic E-state index is 0.162. The Kier molecular flexibility index (Phi) is 4.37. The predicted octanol–water partition coefficient (Wildman–Crippen LogP) is 2.05. The second-order valence-electron chi connectivity index (χ2n) is 5.56. The first-order valence-corrected chi connectivity index (χ1v) is 7.62. The van der Waals surface area contributed by atoms with Gasteiger partial charge in [0.15, 0.2) is 11.5 Å². The van der Waals surface area contributed by atoms with Gasteiger partial charge in [-0.05, 0) is 42.3 Å². The van der Waals surface area contributed by atoms with Crippen molar-refractivity contribution in [2.24, 2.45) is 5.73 Å². The molecule has 0 saturated carbocycles. The van der Waals surface area contributed by atoms with Crippen LogP contribution < -0.4 is 20.5 Å². The lowest BCUT2D eigenvalue weighted by Gasteiger charge is -2.20. The third kappa shape index (κ3) is 3.32. The first-order chi connectivity index (χ1) is 11.5. The van der Waals surface area contributed by atoms with Gasteiger partial charge < -0.3 is 20.5 Å². The summed E-state index contributed by atoms with van der Waals surface area (Å²) in [6.07, 6.45) is 0.162. The van der Waals surface area contributed by atoms with Crippen LogP contribution in [0.5, 0.6) is 11.5 Å². The van der Waals surface area contributed by atoms with Crippen molar-refractivity contribution in [3.05, 3.63) is 53.1 Å². The molecule has 2 aromatic carbocycles. The summed E-state index contributed by atoms with van der Waals surface area (Å²) in [5.74, 6) is 0.527. The van der Waals surface area contributed by atoms with Crippen LogP contribution in [0.4, 0.5) is 5.69 Å². The molecule has 24 heavy (non-hydrogen) atoms. The molecule has 6 heteroatoms. The Balaban J connectivity index is 1.77. The van der Waals surface area contributed by atoms with Crippen LogP contribution in [0.15, 0.2) is 36.4 Å². The largest absolute Gasteiger partial charge is 0.486 e. The van der Waals surface area contributed by atoms with E-state index in [9.17, 15) is 9.59 Å². The number of ether oxygens (including phenoxy) is 2. The van der Waals surface area contributed by atoms with Crippen molar-refractivity contribution in [1.82, 2.24) is 0 Å². The number of hydrogen-bond donors (Lipinski definition) is 2. The highest BCUT2D eigenvalue weighted by Gasteiger charge is 2.17. The van der Waals surface area contributed by atoms with Crippen molar-refractivity contribution in [2.75, 3.05) is 18.5 Å². The SMILES string of the molecule is Cc1cc2c(cc1CC(=O)Nc1ccccc1C(N)=O)OCCO2. The molecule has 0 spiro atoms. The Morgan fingerprint density at radius 2 is 1.79 bits per heavy atom. The van der Waals surface area contributed by atoms with Crippen LogP contribution >= 0.6 is 0 Å². The molecule has 3 rings (SSSR count). The highest BCUT2D eigenvalue weighted by atomic mass is 16.6. The monoisotopic (exact) mass is 326 g/mol. The van der Waals surface area contributed by atoms with Crippen molar-refractivity contribution in [1.29, 1.82) is 0 Å². The Labute approximate surface area is 139 Å². The van der Waals surface area contributed by atoms with E-state index in [-0.39, 0.29) is 17.9 Å². The highest BCUT2D eigenvalue weighted by Crippen LogP contribution is 2.33. The summed E-state index contributed by atoms with van der Waals surface area (Å²) in [5, 5.41) is 2.74. The molecule has 2 amide bonds. The second kappa shape index (κ2) is 6.62. The van der Waals surface area contributed by atoms with Gasteiger partial charge in [-0.15, -0.1) is 0 Å². The van der Waals surface area contributed by atoms with Crippen LogP contribution in [-0.2, 0) is 11.2 Å². The quantitative estimate of drug-likeness (QED) is 0.899. The third-order valence-electron chi connectivity index (χ3n) is 3.82. The first kappa shape index (κ1) is 15.9. The number of carbonyl (C=O) groups is 2. The van der Waals surface area contributed by atoms with E-state index in [0.29, 0.717) is 30.4 Å². The summed E-state index contributed by atoms with van der Waals surface area (Å²) in [4.78, 5) is 23.8. The molecule has 1 aliphatic rings. The van der Waals surface area contributed by atoms with Gasteiger partial charge in [-0.1, -0.05) is 12.1 Å². The number of fused-ring (bicyclic) bond motifs is 1. The average Bonchev–Trinajstić information content (AvgIpc) is 2.55. The fourth-order valence-electron chi connectivity index (χ4n) is 2.60. The second-order valence-corrected chi connectivity index (χ2v) is 5.56. The molecule has 6 nitrogen and oxygen atoms in total. The average molecular weight is 326 g/mol. The molecular formula is C18H18N2O4. The maximum atomic E-state index is 12.3. The summed E-state index contributed by atoms with van der Waals surface area (Å²) in [7, 11) is 0. The van der Waals surface area contributed by atoms with E-state index >= 15 is 0 Å². The number of para-hydroxylation sites is 1. The molecule has 0 fully saturated rings. The Bertz CT molecular complexity index is 802. The van der Waals surface area contributed by atoms with Gasteiger partial charge in [-0.2, -0.15) is 0 Å². The molecule has 1 heterocycles. The summed E-state index contributed by atoms with van der Waals surface area (Å²) in [6, 6.07) is 10.3. The van der Waals surface area contributed by atoms with Gasteiger partial charge in [-0.25, -0.2) is 0 Å². The number of benzene rings is 2. The maximum Gasteiger partial charge on any atom is 0.250 e. The van der Waals surface area contributed by atoms with E-state index in [0.717, 1.165) is 11.1 Å². The number of aryl methyl sites for hydroxylation is 1. The molecular weight excluding hydrogens is 308 g/mol. The molecule has 0 aliphatic carbocycles. The molecule has 0 saturated heterocycles. The van der Waals surface area contributed by atoms with Crippen molar-refractivity contribution >= 4 is 17.5 Å². The molecule has 1 aliphatic heterocycles. The van der Waals surface area contributed by atoms with Crippen LogP contribution in [0.25, 0.3) is 0 Å². The molecule has 0 bridgehead atoms. The molecule has 0 aromatic heterocycles. The summed E-state index contributed by atoms with van der Waals surface area (Å²) < 4.78 is 11.1. The number of hydrogen-bond acceptors (Lipinski definition) is 4. The lowest BCUT2D eigenvalue weighted by molar-refractivity contribution is -0.115. The number of anilines is 1. The van der Waals surface area contributed by atoms with Crippen molar-refractivity contribution in [3.63, 3.8) is 0 Å². The predicted molar refractivity (Wildman–Crippen MR) is 89.5 cm³/mol. The van der Waals surface area contributed by atoms with Crippen molar-refractivity contribution in [2.45, 2.75) is 13.3 Å². The van der Waals surface area contributed by atoms with Gasteiger partial charge in [-0.3, -0.25) is 9.59 Å². The van der Waals surface area contributed by atoms with Gasteiger partial charge in [0.2, 0.25) is 5.91 Å². The van der Waals surface area contributed by atoms with Gasteiger partial charge >= 0.3 is 0 Å². The number of nitrogens with one attached hydrogen (secondary N) is 1.